The Morgan fingerprint density at radius 2 is 1.86 bits per heavy atom. The summed E-state index contributed by atoms with van der Waals surface area (Å²) in [4.78, 5) is 18.9. The van der Waals surface area contributed by atoms with Crippen molar-refractivity contribution in [3.63, 3.8) is 0 Å². The molecule has 3 aromatic rings. The molecule has 0 saturated carbocycles. The van der Waals surface area contributed by atoms with E-state index in [9.17, 15) is 4.79 Å². The lowest BCUT2D eigenvalue weighted by atomic mass is 9.96. The van der Waals surface area contributed by atoms with Crippen LogP contribution in [0.25, 0.3) is 5.69 Å². The van der Waals surface area contributed by atoms with Gasteiger partial charge in [-0.3, -0.25) is 4.98 Å². The number of hydrogen-bond acceptors (Lipinski definition) is 4. The summed E-state index contributed by atoms with van der Waals surface area (Å²) in [7, 11) is 0. The molecule has 1 aliphatic heterocycles. The Labute approximate surface area is 170 Å². The van der Waals surface area contributed by atoms with Crippen molar-refractivity contribution in [3.8, 4) is 5.69 Å². The molecule has 150 valence electrons. The van der Waals surface area contributed by atoms with Gasteiger partial charge in [-0.05, 0) is 56.0 Å². The van der Waals surface area contributed by atoms with E-state index in [1.807, 2.05) is 68.0 Å². The van der Waals surface area contributed by atoms with Gasteiger partial charge in [0.05, 0.1) is 17.1 Å². The molecule has 0 atom stereocenters. The molecule has 0 aliphatic carbocycles. The van der Waals surface area contributed by atoms with Crippen molar-refractivity contribution in [2.75, 3.05) is 29.9 Å². The third-order valence-electron chi connectivity index (χ3n) is 5.32. The van der Waals surface area contributed by atoms with Crippen LogP contribution in [0.15, 0.2) is 61.1 Å². The Hall–Kier alpha value is -3.35. The molecule has 3 heterocycles. The second-order valence-electron chi connectivity index (χ2n) is 7.39. The zero-order chi connectivity index (χ0) is 20.1. The molecule has 7 nitrogen and oxygen atoms in total. The van der Waals surface area contributed by atoms with Crippen LogP contribution in [0.2, 0.25) is 0 Å². The topological polar surface area (TPSA) is 75.1 Å². The summed E-state index contributed by atoms with van der Waals surface area (Å²) >= 11 is 0. The van der Waals surface area contributed by atoms with Crippen LogP contribution >= 0.6 is 0 Å². The molecule has 0 bridgehead atoms. The fraction of sp³-hybridized carbons (Fsp3) is 0.318. The van der Waals surface area contributed by atoms with E-state index < -0.39 is 0 Å². The number of nitrogens with zero attached hydrogens (tertiary/aromatic N) is 4. The van der Waals surface area contributed by atoms with Gasteiger partial charge in [0.25, 0.3) is 0 Å². The van der Waals surface area contributed by atoms with E-state index >= 15 is 0 Å². The Bertz CT molecular complexity index is 947. The van der Waals surface area contributed by atoms with Crippen LogP contribution in [0.4, 0.5) is 16.2 Å². The first-order chi connectivity index (χ1) is 14.2. The SMILES string of the molecule is Cc1ccn(-c2ccccc2NC(=O)NCC2CCN(c3ccncc3)CC2)n1. The van der Waals surface area contributed by atoms with Gasteiger partial charge in [0, 0.05) is 43.9 Å². The van der Waals surface area contributed by atoms with Gasteiger partial charge in [-0.2, -0.15) is 5.10 Å². The zero-order valence-electron chi connectivity index (χ0n) is 16.6. The average Bonchev–Trinajstić information content (AvgIpc) is 3.20. The minimum absolute atomic E-state index is 0.183. The van der Waals surface area contributed by atoms with E-state index in [4.69, 9.17) is 0 Å². The van der Waals surface area contributed by atoms with Crippen LogP contribution in [0, 0.1) is 12.8 Å². The zero-order valence-corrected chi connectivity index (χ0v) is 16.6. The third-order valence-corrected chi connectivity index (χ3v) is 5.32. The number of urea groups is 1. The molecule has 7 heteroatoms. The van der Waals surface area contributed by atoms with Crippen LogP contribution in [0.1, 0.15) is 18.5 Å². The van der Waals surface area contributed by atoms with Gasteiger partial charge in [-0.15, -0.1) is 0 Å². The van der Waals surface area contributed by atoms with Crippen molar-refractivity contribution < 1.29 is 4.79 Å². The van der Waals surface area contributed by atoms with Gasteiger partial charge < -0.3 is 15.5 Å². The van der Waals surface area contributed by atoms with Crippen molar-refractivity contribution in [1.29, 1.82) is 0 Å². The van der Waals surface area contributed by atoms with E-state index in [1.54, 1.807) is 4.68 Å². The van der Waals surface area contributed by atoms with E-state index in [0.717, 1.165) is 43.0 Å². The average molecular weight is 390 g/mol. The molecule has 1 aliphatic rings. The van der Waals surface area contributed by atoms with Crippen LogP contribution in [0.5, 0.6) is 0 Å². The maximum atomic E-state index is 12.5. The second-order valence-corrected chi connectivity index (χ2v) is 7.39. The molecular formula is C22H26N6O. The lowest BCUT2D eigenvalue weighted by Crippen LogP contribution is -2.39. The van der Waals surface area contributed by atoms with Gasteiger partial charge in [0.2, 0.25) is 0 Å². The van der Waals surface area contributed by atoms with E-state index in [1.165, 1.54) is 5.69 Å². The fourth-order valence-electron chi connectivity index (χ4n) is 3.68. The third kappa shape index (κ3) is 4.74. The number of anilines is 2. The summed E-state index contributed by atoms with van der Waals surface area (Å²) in [5.41, 5.74) is 3.74. The Kier molecular flexibility index (Phi) is 5.74. The van der Waals surface area contributed by atoms with Crippen LogP contribution in [-0.2, 0) is 0 Å². The standard InChI is InChI=1S/C22H26N6O/c1-17-8-15-28(26-17)21-5-3-2-4-20(21)25-22(29)24-16-18-9-13-27(14-10-18)19-6-11-23-12-7-19/h2-8,11-12,15,18H,9-10,13-14,16H2,1H3,(H2,24,25,29). The number of amides is 2. The molecule has 1 fully saturated rings. The van der Waals surface area contributed by atoms with E-state index in [-0.39, 0.29) is 6.03 Å². The number of carbonyl (C=O) groups excluding carboxylic acids is 1. The van der Waals surface area contributed by atoms with E-state index in [0.29, 0.717) is 12.5 Å². The predicted octanol–water partition coefficient (Wildman–Crippen LogP) is 3.61. The number of aryl methyl sites for hydroxylation is 1. The maximum absolute atomic E-state index is 12.5. The van der Waals surface area contributed by atoms with Gasteiger partial charge >= 0.3 is 6.03 Å². The van der Waals surface area contributed by atoms with Gasteiger partial charge in [-0.25, -0.2) is 9.48 Å². The summed E-state index contributed by atoms with van der Waals surface area (Å²) in [5.74, 6) is 0.489. The Morgan fingerprint density at radius 1 is 1.10 bits per heavy atom. The Balaban J connectivity index is 1.28. The minimum Gasteiger partial charge on any atom is -0.371 e. The van der Waals surface area contributed by atoms with Crippen LogP contribution in [0.3, 0.4) is 0 Å². The number of piperidine rings is 1. The number of benzene rings is 1. The molecule has 0 unspecified atom stereocenters. The highest BCUT2D eigenvalue weighted by atomic mass is 16.2. The van der Waals surface area contributed by atoms with Gasteiger partial charge in [0.15, 0.2) is 0 Å². The first-order valence-corrected chi connectivity index (χ1v) is 10.0. The number of pyridine rings is 1. The molecule has 4 rings (SSSR count). The molecule has 1 saturated heterocycles. The summed E-state index contributed by atoms with van der Waals surface area (Å²) in [6.07, 6.45) is 7.67. The summed E-state index contributed by atoms with van der Waals surface area (Å²) in [5, 5.41) is 10.4. The normalized spacial score (nSPS) is 14.6. The molecule has 29 heavy (non-hydrogen) atoms. The number of nitrogens with one attached hydrogen (secondary N) is 2. The van der Waals surface area contributed by atoms with Gasteiger partial charge in [0.1, 0.15) is 0 Å². The van der Waals surface area contributed by atoms with Crippen molar-refractivity contribution in [1.82, 2.24) is 20.1 Å². The van der Waals surface area contributed by atoms with E-state index in [2.05, 4.69) is 25.6 Å². The highest BCUT2D eigenvalue weighted by molar-refractivity contribution is 5.91. The lowest BCUT2D eigenvalue weighted by molar-refractivity contribution is 0.248. The highest BCUT2D eigenvalue weighted by Gasteiger charge is 2.20. The number of aromatic nitrogens is 3. The van der Waals surface area contributed by atoms with Crippen molar-refractivity contribution >= 4 is 17.4 Å². The molecule has 0 radical (unpaired) electrons. The molecule has 1 aromatic carbocycles. The molecule has 0 spiro atoms. The number of hydrogen-bond donors (Lipinski definition) is 2. The maximum Gasteiger partial charge on any atom is 0.319 e. The summed E-state index contributed by atoms with van der Waals surface area (Å²) in [6.45, 7) is 4.62. The van der Waals surface area contributed by atoms with Crippen molar-refractivity contribution in [2.45, 2.75) is 19.8 Å². The molecule has 2 N–H and O–H groups in total. The predicted molar refractivity (Wildman–Crippen MR) is 114 cm³/mol. The number of rotatable bonds is 5. The first-order valence-electron chi connectivity index (χ1n) is 10.0. The van der Waals surface area contributed by atoms with Crippen LogP contribution in [-0.4, -0.2) is 40.4 Å². The first kappa shape index (κ1) is 19.0. The smallest absolute Gasteiger partial charge is 0.319 e. The summed E-state index contributed by atoms with van der Waals surface area (Å²) in [6, 6.07) is 13.5. The highest BCUT2D eigenvalue weighted by Crippen LogP contribution is 2.23. The van der Waals surface area contributed by atoms with Crippen LogP contribution < -0.4 is 15.5 Å². The molecular weight excluding hydrogens is 364 g/mol. The summed E-state index contributed by atoms with van der Waals surface area (Å²) < 4.78 is 1.78. The van der Waals surface area contributed by atoms with Crippen molar-refractivity contribution in [3.05, 3.63) is 66.7 Å². The molecule has 2 amide bonds. The quantitative estimate of drug-likeness (QED) is 0.698. The lowest BCUT2D eigenvalue weighted by Gasteiger charge is -2.33. The van der Waals surface area contributed by atoms with Crippen molar-refractivity contribution in [2.24, 2.45) is 5.92 Å². The molecule has 2 aromatic heterocycles. The number of para-hydroxylation sites is 2. The minimum atomic E-state index is -0.183. The van der Waals surface area contributed by atoms with Gasteiger partial charge in [-0.1, -0.05) is 12.1 Å². The fourth-order valence-corrected chi connectivity index (χ4v) is 3.68. The number of carbonyl (C=O) groups is 1. The Morgan fingerprint density at radius 3 is 2.59 bits per heavy atom. The monoisotopic (exact) mass is 390 g/mol. The second kappa shape index (κ2) is 8.77. The largest absolute Gasteiger partial charge is 0.371 e.